The zero-order chi connectivity index (χ0) is 23.2. The Balaban J connectivity index is 1.53. The van der Waals surface area contributed by atoms with Crippen LogP contribution in [0.1, 0.15) is 43.9 Å². The van der Waals surface area contributed by atoms with Gasteiger partial charge in [0.1, 0.15) is 11.8 Å². The number of aromatic nitrogens is 3. The first kappa shape index (κ1) is 22.0. The van der Waals surface area contributed by atoms with Gasteiger partial charge >= 0.3 is 0 Å². The average Bonchev–Trinajstić information content (AvgIpc) is 3.19. The lowest BCUT2D eigenvalue weighted by Gasteiger charge is -2.38. The Bertz CT molecular complexity index is 1250. The maximum Gasteiger partial charge on any atom is 0.227 e. The number of anilines is 1. The minimum Gasteiger partial charge on any atom is -0.497 e. The molecule has 170 valence electrons. The fourth-order valence-electron chi connectivity index (χ4n) is 4.50. The fourth-order valence-corrected chi connectivity index (χ4v) is 5.62. The molecule has 1 unspecified atom stereocenters. The van der Waals surface area contributed by atoms with Gasteiger partial charge in [-0.2, -0.15) is 4.98 Å². The van der Waals surface area contributed by atoms with Crippen LogP contribution in [-0.2, 0) is 10.5 Å². The van der Waals surface area contributed by atoms with E-state index in [-0.39, 0.29) is 17.2 Å². The second-order valence-electron chi connectivity index (χ2n) is 9.18. The van der Waals surface area contributed by atoms with E-state index in [1.807, 2.05) is 53.2 Å². The van der Waals surface area contributed by atoms with Gasteiger partial charge in [0.2, 0.25) is 11.1 Å². The molecule has 2 aliphatic rings. The number of fused-ring (bicyclic) bond motifs is 1. The molecule has 0 fully saturated rings. The van der Waals surface area contributed by atoms with Crippen molar-refractivity contribution in [1.82, 2.24) is 14.8 Å². The van der Waals surface area contributed by atoms with Crippen molar-refractivity contribution in [3.63, 3.8) is 0 Å². The third-order valence-corrected chi connectivity index (χ3v) is 7.31. The molecule has 6 nitrogen and oxygen atoms in total. The quantitative estimate of drug-likeness (QED) is 0.459. The molecule has 0 amide bonds. The first-order valence-corrected chi connectivity index (χ1v) is 12.2. The number of rotatable bonds is 5. The van der Waals surface area contributed by atoms with Gasteiger partial charge in [0.25, 0.3) is 0 Å². The van der Waals surface area contributed by atoms with E-state index in [1.54, 1.807) is 7.11 Å². The van der Waals surface area contributed by atoms with Crippen molar-refractivity contribution in [2.75, 3.05) is 12.4 Å². The van der Waals surface area contributed by atoms with Crippen LogP contribution in [0.25, 0.3) is 0 Å². The molecule has 1 aliphatic heterocycles. The molecule has 8 heteroatoms. The van der Waals surface area contributed by atoms with Gasteiger partial charge in [0, 0.05) is 28.5 Å². The van der Waals surface area contributed by atoms with Gasteiger partial charge < -0.3 is 10.1 Å². The fraction of sp³-hybridized carbons (Fsp3) is 0.320. The van der Waals surface area contributed by atoms with Crippen molar-refractivity contribution in [2.45, 2.75) is 43.6 Å². The Morgan fingerprint density at radius 2 is 1.94 bits per heavy atom. The van der Waals surface area contributed by atoms with Crippen LogP contribution in [0.15, 0.2) is 65.0 Å². The van der Waals surface area contributed by atoms with Crippen LogP contribution in [-0.4, -0.2) is 27.7 Å². The summed E-state index contributed by atoms with van der Waals surface area (Å²) in [4.78, 5) is 18.1. The topological polar surface area (TPSA) is 69.0 Å². The van der Waals surface area contributed by atoms with Crippen molar-refractivity contribution in [1.29, 1.82) is 0 Å². The highest BCUT2D eigenvalue weighted by Gasteiger charge is 2.41. The summed E-state index contributed by atoms with van der Waals surface area (Å²) in [5, 5.41) is 9.60. The standard InChI is InChI=1S/C25H25ClN4O2S/c1-25(2)12-19-21(20(31)13-25)22(15-8-10-17(32-3)11-9-15)30-23(27-19)28-24(29-30)33-14-16-6-4-5-7-18(16)26/h4-11,22H,12-14H2,1-3H3,(H,27,28,29). The molecule has 1 N–H and O–H groups in total. The van der Waals surface area contributed by atoms with Crippen molar-refractivity contribution >= 4 is 35.1 Å². The third-order valence-electron chi connectivity index (χ3n) is 6.06. The molecular formula is C25H25ClN4O2S. The number of Topliss-reactive ketones (excluding diaryl/α,β-unsaturated/α-hetero) is 1. The molecule has 33 heavy (non-hydrogen) atoms. The Labute approximate surface area is 202 Å². The van der Waals surface area contributed by atoms with Crippen LogP contribution in [0.3, 0.4) is 0 Å². The molecule has 0 bridgehead atoms. The number of ketones is 1. The number of nitrogens with one attached hydrogen (secondary N) is 1. The predicted octanol–water partition coefficient (Wildman–Crippen LogP) is 5.89. The second-order valence-corrected chi connectivity index (χ2v) is 10.5. The zero-order valence-corrected chi connectivity index (χ0v) is 20.3. The first-order chi connectivity index (χ1) is 15.8. The molecule has 0 radical (unpaired) electrons. The summed E-state index contributed by atoms with van der Waals surface area (Å²) in [6, 6.07) is 15.3. The molecular weight excluding hydrogens is 456 g/mol. The van der Waals surface area contributed by atoms with Gasteiger partial charge in [0.05, 0.1) is 7.11 Å². The number of thioether (sulfide) groups is 1. The van der Waals surface area contributed by atoms with Crippen molar-refractivity contribution in [2.24, 2.45) is 5.41 Å². The molecule has 1 aliphatic carbocycles. The van der Waals surface area contributed by atoms with Gasteiger partial charge in [-0.25, -0.2) is 4.68 Å². The number of ether oxygens (including phenoxy) is 1. The lowest BCUT2D eigenvalue weighted by molar-refractivity contribution is -0.118. The van der Waals surface area contributed by atoms with Gasteiger partial charge in [-0.15, -0.1) is 5.10 Å². The van der Waals surface area contributed by atoms with Gasteiger partial charge in [0.15, 0.2) is 5.78 Å². The number of halogens is 1. The zero-order valence-electron chi connectivity index (χ0n) is 18.8. The van der Waals surface area contributed by atoms with Gasteiger partial charge in [-0.3, -0.25) is 4.79 Å². The number of allylic oxidation sites excluding steroid dienone is 2. The van der Waals surface area contributed by atoms with Crippen molar-refractivity contribution in [3.8, 4) is 5.75 Å². The van der Waals surface area contributed by atoms with Crippen molar-refractivity contribution in [3.05, 3.63) is 76.0 Å². The monoisotopic (exact) mass is 480 g/mol. The number of benzene rings is 2. The van der Waals surface area contributed by atoms with E-state index in [0.29, 0.717) is 23.3 Å². The Kier molecular flexibility index (Phi) is 5.70. The van der Waals surface area contributed by atoms with E-state index in [2.05, 4.69) is 19.2 Å². The number of methoxy groups -OCH3 is 1. The number of carbonyl (C=O) groups excluding carboxylic acids is 1. The smallest absolute Gasteiger partial charge is 0.227 e. The molecule has 0 spiro atoms. The third kappa shape index (κ3) is 4.27. The average molecular weight is 481 g/mol. The summed E-state index contributed by atoms with van der Waals surface area (Å²) < 4.78 is 7.17. The summed E-state index contributed by atoms with van der Waals surface area (Å²) in [5.41, 5.74) is 3.63. The van der Waals surface area contributed by atoms with E-state index < -0.39 is 0 Å². The van der Waals surface area contributed by atoms with Crippen LogP contribution < -0.4 is 10.1 Å². The van der Waals surface area contributed by atoms with Crippen LogP contribution >= 0.6 is 23.4 Å². The van der Waals surface area contributed by atoms with Crippen LogP contribution in [0.4, 0.5) is 5.95 Å². The highest BCUT2D eigenvalue weighted by molar-refractivity contribution is 7.98. The normalized spacial score (nSPS) is 19.0. The van der Waals surface area contributed by atoms with Crippen LogP contribution in [0.2, 0.25) is 5.02 Å². The van der Waals surface area contributed by atoms with Crippen molar-refractivity contribution < 1.29 is 9.53 Å². The maximum atomic E-state index is 13.3. The Hall–Kier alpha value is -2.77. The highest BCUT2D eigenvalue weighted by Crippen LogP contribution is 2.46. The maximum absolute atomic E-state index is 13.3. The summed E-state index contributed by atoms with van der Waals surface area (Å²) in [6.45, 7) is 4.26. The summed E-state index contributed by atoms with van der Waals surface area (Å²) in [5.74, 6) is 2.24. The minimum atomic E-state index is -0.326. The molecule has 2 heterocycles. The molecule has 0 saturated carbocycles. The molecule has 2 aromatic carbocycles. The number of hydrogen-bond acceptors (Lipinski definition) is 6. The van der Waals surface area contributed by atoms with E-state index in [9.17, 15) is 4.79 Å². The SMILES string of the molecule is COc1ccc(C2C3=C(CC(C)(C)CC3=O)Nc3nc(SCc4ccccc4Cl)nn32)cc1. The lowest BCUT2D eigenvalue weighted by Crippen LogP contribution is -2.36. The van der Waals surface area contributed by atoms with Crippen LogP contribution in [0, 0.1) is 5.41 Å². The van der Waals surface area contributed by atoms with E-state index >= 15 is 0 Å². The summed E-state index contributed by atoms with van der Waals surface area (Å²) in [7, 11) is 1.64. The second kappa shape index (κ2) is 8.54. The number of nitrogens with zero attached hydrogens (tertiary/aromatic N) is 3. The molecule has 1 aromatic heterocycles. The molecule has 1 atom stereocenters. The summed E-state index contributed by atoms with van der Waals surface area (Å²) in [6.07, 6.45) is 1.30. The summed E-state index contributed by atoms with van der Waals surface area (Å²) >= 11 is 7.85. The number of carbonyl (C=O) groups is 1. The first-order valence-electron chi connectivity index (χ1n) is 10.8. The van der Waals surface area contributed by atoms with E-state index in [4.69, 9.17) is 26.4 Å². The molecule has 5 rings (SSSR count). The van der Waals surface area contributed by atoms with E-state index in [1.165, 1.54) is 11.8 Å². The minimum absolute atomic E-state index is 0.1000. The van der Waals surface area contributed by atoms with Gasteiger partial charge in [-0.05, 0) is 41.2 Å². The Morgan fingerprint density at radius 3 is 2.67 bits per heavy atom. The lowest BCUT2D eigenvalue weighted by atomic mass is 9.73. The highest BCUT2D eigenvalue weighted by atomic mass is 35.5. The van der Waals surface area contributed by atoms with Gasteiger partial charge in [-0.1, -0.05) is 67.5 Å². The van der Waals surface area contributed by atoms with E-state index in [0.717, 1.165) is 39.6 Å². The largest absolute Gasteiger partial charge is 0.497 e. The molecule has 0 saturated heterocycles. The molecule has 3 aromatic rings. The predicted molar refractivity (Wildman–Crippen MR) is 131 cm³/mol. The van der Waals surface area contributed by atoms with Crippen LogP contribution in [0.5, 0.6) is 5.75 Å². The Morgan fingerprint density at radius 1 is 1.18 bits per heavy atom. The number of hydrogen-bond donors (Lipinski definition) is 1.